The summed E-state index contributed by atoms with van der Waals surface area (Å²) in [6.07, 6.45) is 2.54. The Morgan fingerprint density at radius 3 is 2.38 bits per heavy atom. The van der Waals surface area contributed by atoms with Crippen LogP contribution in [-0.2, 0) is 0 Å². The van der Waals surface area contributed by atoms with E-state index in [1.807, 2.05) is 6.92 Å². The number of quaternary nitrogens is 1. The molecule has 0 aromatic heterocycles. The summed E-state index contributed by atoms with van der Waals surface area (Å²) < 4.78 is 10.3. The normalized spacial score (nSPS) is 12.8. The maximum Gasteiger partial charge on any atom is 0.128 e. The second kappa shape index (κ2) is 5.50. The third kappa shape index (κ3) is 2.96. The lowest BCUT2D eigenvalue weighted by Crippen LogP contribution is -2.99. The van der Waals surface area contributed by atoms with Crippen LogP contribution in [0.15, 0.2) is 18.3 Å². The van der Waals surface area contributed by atoms with Gasteiger partial charge in [0.2, 0.25) is 0 Å². The number of methoxy groups -OCH3 is 2. The summed E-state index contributed by atoms with van der Waals surface area (Å²) in [6.45, 7) is 1.89. The molecule has 0 radical (unpaired) electrons. The van der Waals surface area contributed by atoms with Crippen LogP contribution in [0.1, 0.15) is 11.1 Å². The number of benzene rings is 1. The third-order valence-electron chi connectivity index (χ3n) is 2.15. The van der Waals surface area contributed by atoms with Crippen molar-refractivity contribution in [1.82, 2.24) is 0 Å². The zero-order valence-electron chi connectivity index (χ0n) is 9.48. The maximum atomic E-state index is 10.4. The molecule has 1 atom stereocenters. The lowest BCUT2D eigenvalue weighted by atomic mass is 10.1. The fraction of sp³-hybridized carbons (Fsp3) is 0.273. The molecule has 0 bridgehead atoms. The van der Waals surface area contributed by atoms with E-state index < -0.39 is 5.23 Å². The highest BCUT2D eigenvalue weighted by molar-refractivity contribution is 5.60. The van der Waals surface area contributed by atoms with E-state index in [1.54, 1.807) is 26.4 Å². The average molecular weight is 225 g/mol. The molecular formula is C11H15NO4. The fourth-order valence-electron chi connectivity index (χ4n) is 1.37. The standard InChI is InChI=1S/C11H15NO4/c1-8-6-11(16-3)9(4-5-12(13)14)7-10(8)15-2/h4-7,12-13H,1-3H3. The average Bonchev–Trinajstić information content (AvgIpc) is 2.26. The van der Waals surface area contributed by atoms with E-state index in [9.17, 15) is 5.21 Å². The molecule has 0 amide bonds. The molecule has 5 nitrogen and oxygen atoms in total. The van der Waals surface area contributed by atoms with Gasteiger partial charge in [-0.15, -0.1) is 0 Å². The number of rotatable bonds is 4. The van der Waals surface area contributed by atoms with Crippen LogP contribution in [0.3, 0.4) is 0 Å². The number of hydroxylamine groups is 2. The van der Waals surface area contributed by atoms with Gasteiger partial charge in [0.05, 0.1) is 14.2 Å². The van der Waals surface area contributed by atoms with E-state index in [2.05, 4.69) is 0 Å². The van der Waals surface area contributed by atoms with Crippen LogP contribution in [0.5, 0.6) is 11.5 Å². The minimum absolute atomic E-state index is 0.621. The van der Waals surface area contributed by atoms with Gasteiger partial charge in [0.15, 0.2) is 0 Å². The minimum Gasteiger partial charge on any atom is -0.595 e. The minimum atomic E-state index is -0.999. The van der Waals surface area contributed by atoms with Crippen LogP contribution >= 0.6 is 0 Å². The molecule has 1 aromatic carbocycles. The first-order valence-corrected chi connectivity index (χ1v) is 4.72. The Morgan fingerprint density at radius 2 is 1.88 bits per heavy atom. The highest BCUT2D eigenvalue weighted by Gasteiger charge is 2.06. The Kier molecular flexibility index (Phi) is 4.30. The van der Waals surface area contributed by atoms with Crippen molar-refractivity contribution in [3.63, 3.8) is 0 Å². The van der Waals surface area contributed by atoms with Crippen LogP contribution in [0, 0.1) is 12.1 Å². The summed E-state index contributed by atoms with van der Waals surface area (Å²) in [4.78, 5) is 0. The second-order valence-corrected chi connectivity index (χ2v) is 3.24. The summed E-state index contributed by atoms with van der Waals surface area (Å²) in [7, 11) is 3.11. The SMILES string of the molecule is COc1cc(C=C[NH+]([O-])O)c(OC)cc1C. The lowest BCUT2D eigenvalue weighted by Gasteiger charge is -2.11. The molecule has 1 rings (SSSR count). The smallest absolute Gasteiger partial charge is 0.128 e. The molecule has 16 heavy (non-hydrogen) atoms. The Balaban J connectivity index is 3.14. The van der Waals surface area contributed by atoms with Crippen LogP contribution in [0.2, 0.25) is 0 Å². The van der Waals surface area contributed by atoms with Crippen molar-refractivity contribution >= 4 is 6.08 Å². The third-order valence-corrected chi connectivity index (χ3v) is 2.15. The summed E-state index contributed by atoms with van der Waals surface area (Å²) in [6, 6.07) is 3.55. The first kappa shape index (κ1) is 12.5. The highest BCUT2D eigenvalue weighted by Crippen LogP contribution is 2.28. The van der Waals surface area contributed by atoms with Crippen LogP contribution in [0.4, 0.5) is 0 Å². The van der Waals surface area contributed by atoms with Gasteiger partial charge in [-0.05, 0) is 24.6 Å². The number of nitrogens with one attached hydrogen (secondary N) is 1. The Hall–Kier alpha value is -1.56. The summed E-state index contributed by atoms with van der Waals surface area (Å²) >= 11 is 0. The van der Waals surface area contributed by atoms with Gasteiger partial charge in [-0.25, -0.2) is 10.4 Å². The summed E-state index contributed by atoms with van der Waals surface area (Å²) in [5, 5.41) is 18.0. The molecule has 2 N–H and O–H groups in total. The Bertz CT molecular complexity index is 388. The van der Waals surface area contributed by atoms with Crippen molar-refractivity contribution in [2.45, 2.75) is 6.92 Å². The van der Waals surface area contributed by atoms with Crippen molar-refractivity contribution in [2.75, 3.05) is 14.2 Å². The molecule has 0 aliphatic carbocycles. The summed E-state index contributed by atoms with van der Waals surface area (Å²) in [5.41, 5.74) is 1.61. The molecule has 0 saturated carbocycles. The van der Waals surface area contributed by atoms with Crippen LogP contribution in [0.25, 0.3) is 6.08 Å². The van der Waals surface area contributed by atoms with Gasteiger partial charge in [-0.2, -0.15) is 0 Å². The molecule has 1 unspecified atom stereocenters. The predicted octanol–water partition coefficient (Wildman–Crippen LogP) is 0.755. The molecular weight excluding hydrogens is 210 g/mol. The van der Waals surface area contributed by atoms with E-state index in [4.69, 9.17) is 14.7 Å². The monoisotopic (exact) mass is 225 g/mol. The molecule has 0 saturated heterocycles. The van der Waals surface area contributed by atoms with E-state index in [0.29, 0.717) is 17.1 Å². The fourth-order valence-corrected chi connectivity index (χ4v) is 1.37. The molecule has 0 aliphatic rings. The largest absolute Gasteiger partial charge is 0.595 e. The van der Waals surface area contributed by atoms with E-state index in [1.165, 1.54) is 6.08 Å². The first-order valence-electron chi connectivity index (χ1n) is 4.72. The van der Waals surface area contributed by atoms with Crippen molar-refractivity contribution in [3.8, 4) is 11.5 Å². The van der Waals surface area contributed by atoms with Crippen molar-refractivity contribution in [3.05, 3.63) is 34.7 Å². The maximum absolute atomic E-state index is 10.4. The van der Waals surface area contributed by atoms with E-state index in [-0.39, 0.29) is 0 Å². The van der Waals surface area contributed by atoms with Crippen LogP contribution in [-0.4, -0.2) is 19.4 Å². The zero-order chi connectivity index (χ0) is 12.1. The van der Waals surface area contributed by atoms with E-state index >= 15 is 0 Å². The molecule has 0 heterocycles. The number of ether oxygens (including phenoxy) is 2. The molecule has 0 aliphatic heterocycles. The first-order chi connectivity index (χ1) is 7.58. The Labute approximate surface area is 94.0 Å². The van der Waals surface area contributed by atoms with Crippen molar-refractivity contribution < 1.29 is 19.9 Å². The quantitative estimate of drug-likeness (QED) is 0.742. The number of hydrogen-bond donors (Lipinski definition) is 2. The molecule has 0 spiro atoms. The highest BCUT2D eigenvalue weighted by atomic mass is 16.8. The van der Waals surface area contributed by atoms with Gasteiger partial charge in [0.1, 0.15) is 17.7 Å². The zero-order valence-corrected chi connectivity index (χ0v) is 9.48. The van der Waals surface area contributed by atoms with Crippen molar-refractivity contribution in [1.29, 1.82) is 0 Å². The van der Waals surface area contributed by atoms with Gasteiger partial charge in [-0.3, -0.25) is 0 Å². The van der Waals surface area contributed by atoms with Gasteiger partial charge in [0.25, 0.3) is 0 Å². The van der Waals surface area contributed by atoms with Crippen LogP contribution < -0.4 is 14.7 Å². The van der Waals surface area contributed by atoms with Gasteiger partial charge in [-0.1, -0.05) is 0 Å². The van der Waals surface area contributed by atoms with E-state index in [0.717, 1.165) is 11.8 Å². The topological polar surface area (TPSA) is 66.2 Å². The molecule has 1 aromatic rings. The predicted molar refractivity (Wildman–Crippen MR) is 59.4 cm³/mol. The number of aryl methyl sites for hydroxylation is 1. The number of hydrogen-bond acceptors (Lipinski definition) is 4. The van der Waals surface area contributed by atoms with Gasteiger partial charge in [0, 0.05) is 11.6 Å². The summed E-state index contributed by atoms with van der Waals surface area (Å²) in [5.74, 6) is 1.32. The molecule has 88 valence electrons. The van der Waals surface area contributed by atoms with Crippen molar-refractivity contribution in [2.24, 2.45) is 0 Å². The molecule has 5 heteroatoms. The lowest BCUT2D eigenvalue weighted by molar-refractivity contribution is -1.00. The Morgan fingerprint density at radius 1 is 1.25 bits per heavy atom. The second-order valence-electron chi connectivity index (χ2n) is 3.24. The van der Waals surface area contributed by atoms with Gasteiger partial charge < -0.3 is 14.7 Å². The van der Waals surface area contributed by atoms with Gasteiger partial charge >= 0.3 is 0 Å². The molecule has 0 fully saturated rings.